The predicted molar refractivity (Wildman–Crippen MR) is 110 cm³/mol. The minimum atomic E-state index is -0.0612. The Morgan fingerprint density at radius 3 is 1.60 bits per heavy atom. The first-order valence-electron chi connectivity index (χ1n) is 8.29. The van der Waals surface area contributed by atoms with Crippen LogP contribution in [0.15, 0.2) is 36.4 Å². The molecule has 0 aliphatic rings. The van der Waals surface area contributed by atoms with Crippen molar-refractivity contribution in [2.24, 2.45) is 0 Å². The Morgan fingerprint density at radius 1 is 0.800 bits per heavy atom. The van der Waals surface area contributed by atoms with Crippen molar-refractivity contribution in [1.82, 2.24) is 0 Å². The highest BCUT2D eigenvalue weighted by atomic mass is 35.5. The molecule has 0 fully saturated rings. The lowest BCUT2D eigenvalue weighted by Gasteiger charge is -2.14. The zero-order valence-electron chi connectivity index (χ0n) is 14.5. The highest BCUT2D eigenvalue weighted by Gasteiger charge is 2.14. The lowest BCUT2D eigenvalue weighted by atomic mass is 10.1. The number of alkyl halides is 2. The van der Waals surface area contributed by atoms with Gasteiger partial charge < -0.3 is 10.2 Å². The van der Waals surface area contributed by atoms with Gasteiger partial charge >= 0.3 is 0 Å². The summed E-state index contributed by atoms with van der Waals surface area (Å²) < 4.78 is 0. The molecule has 0 radical (unpaired) electrons. The molecule has 0 amide bonds. The van der Waals surface area contributed by atoms with Crippen LogP contribution in [0.3, 0.4) is 0 Å². The molecule has 2 aromatic rings. The summed E-state index contributed by atoms with van der Waals surface area (Å²) in [5.74, 6) is 2.20. The quantitative estimate of drug-likeness (QED) is 0.580. The molecule has 0 saturated carbocycles. The minimum absolute atomic E-state index is 0.0612. The first-order chi connectivity index (χ1) is 11.9. The Morgan fingerprint density at radius 2 is 1.20 bits per heavy atom. The topological polar surface area (TPSA) is 40.5 Å². The summed E-state index contributed by atoms with van der Waals surface area (Å²) in [5, 5.41) is 20.0. The molecule has 2 N–H and O–H groups in total. The van der Waals surface area contributed by atoms with Crippen molar-refractivity contribution in [3.63, 3.8) is 0 Å². The molecule has 0 aliphatic carbocycles. The first kappa shape index (κ1) is 20.3. The van der Waals surface area contributed by atoms with Crippen LogP contribution >= 0.6 is 35.0 Å². The van der Waals surface area contributed by atoms with Crippen molar-refractivity contribution in [1.29, 1.82) is 0 Å². The molecular weight excluding hydrogens is 375 g/mol. The van der Waals surface area contributed by atoms with E-state index in [9.17, 15) is 10.2 Å². The van der Waals surface area contributed by atoms with Gasteiger partial charge in [0.25, 0.3) is 0 Å². The molecule has 136 valence electrons. The number of halogens is 2. The fraction of sp³-hybridized carbons (Fsp3) is 0.400. The maximum absolute atomic E-state index is 10.1. The Hall–Kier alpha value is -1.03. The number of benzene rings is 2. The zero-order chi connectivity index (χ0) is 18.4. The monoisotopic (exact) mass is 398 g/mol. The molecule has 0 heterocycles. The number of rotatable bonds is 8. The van der Waals surface area contributed by atoms with Crippen molar-refractivity contribution in [3.8, 4) is 11.5 Å². The maximum Gasteiger partial charge on any atom is 0.121 e. The van der Waals surface area contributed by atoms with Crippen LogP contribution in [0.2, 0.25) is 0 Å². The average molecular weight is 399 g/mol. The number of phenolic OH excluding ortho intramolecular Hbond substituents is 2. The van der Waals surface area contributed by atoms with Crippen molar-refractivity contribution < 1.29 is 10.2 Å². The van der Waals surface area contributed by atoms with Gasteiger partial charge in [0.15, 0.2) is 0 Å². The number of hydrogen-bond donors (Lipinski definition) is 2. The minimum Gasteiger partial charge on any atom is -0.507 e. The van der Waals surface area contributed by atoms with E-state index in [-0.39, 0.29) is 10.8 Å². The molecule has 0 saturated heterocycles. The molecule has 2 rings (SSSR count). The van der Waals surface area contributed by atoms with E-state index >= 15 is 0 Å². The van der Waals surface area contributed by atoms with Crippen molar-refractivity contribution in [2.45, 2.75) is 37.4 Å². The Bertz CT molecular complexity index is 647. The van der Waals surface area contributed by atoms with Crippen LogP contribution in [0.5, 0.6) is 11.5 Å². The van der Waals surface area contributed by atoms with E-state index < -0.39 is 0 Å². The van der Waals surface area contributed by atoms with E-state index in [0.29, 0.717) is 24.3 Å². The summed E-state index contributed by atoms with van der Waals surface area (Å²) in [6, 6.07) is 11.5. The summed E-state index contributed by atoms with van der Waals surface area (Å²) in [6.07, 6.45) is 1.27. The molecule has 0 aromatic heterocycles. The number of para-hydroxylation sites is 2. The molecule has 2 unspecified atom stereocenters. The third-order valence-corrected chi connectivity index (χ3v) is 6.38. The van der Waals surface area contributed by atoms with Gasteiger partial charge in [-0.05, 0) is 48.9 Å². The van der Waals surface area contributed by atoms with Crippen LogP contribution in [0.1, 0.15) is 22.3 Å². The number of hydrogen-bond acceptors (Lipinski definition) is 3. The molecule has 2 nitrogen and oxygen atoms in total. The van der Waals surface area contributed by atoms with Crippen molar-refractivity contribution in [3.05, 3.63) is 58.7 Å². The predicted octanol–water partition coefficient (Wildman–Crippen LogP) is 5.45. The summed E-state index contributed by atoms with van der Waals surface area (Å²) >= 11 is 14.5. The van der Waals surface area contributed by atoms with E-state index in [2.05, 4.69) is 0 Å². The van der Waals surface area contributed by atoms with Crippen LogP contribution in [-0.2, 0) is 12.8 Å². The van der Waals surface area contributed by atoms with Gasteiger partial charge in [-0.2, -0.15) is 11.8 Å². The zero-order valence-corrected chi connectivity index (χ0v) is 16.8. The lowest BCUT2D eigenvalue weighted by molar-refractivity contribution is 0.463. The van der Waals surface area contributed by atoms with Crippen molar-refractivity contribution in [2.75, 3.05) is 11.5 Å². The Kier molecular flexibility index (Phi) is 7.80. The standard InChI is InChI=1S/C20H24Cl2O2S/c1-13-5-3-7-15(19(13)23)9-17(21)11-25-12-18(22)10-16-8-4-6-14(2)20(16)24/h3-8,17-18,23-24H,9-12H2,1-2H3. The molecular formula is C20H24Cl2O2S. The van der Waals surface area contributed by atoms with Crippen LogP contribution in [0.4, 0.5) is 0 Å². The smallest absolute Gasteiger partial charge is 0.121 e. The first-order valence-corrected chi connectivity index (χ1v) is 10.3. The van der Waals surface area contributed by atoms with Gasteiger partial charge in [0.2, 0.25) is 0 Å². The fourth-order valence-electron chi connectivity index (χ4n) is 2.69. The second-order valence-corrected chi connectivity index (χ2v) is 8.61. The molecule has 0 aliphatic heterocycles. The molecule has 5 heteroatoms. The lowest BCUT2D eigenvalue weighted by Crippen LogP contribution is -2.12. The third kappa shape index (κ3) is 6.02. The second kappa shape index (κ2) is 9.61. The van der Waals surface area contributed by atoms with Gasteiger partial charge in [-0.1, -0.05) is 36.4 Å². The van der Waals surface area contributed by atoms with Gasteiger partial charge in [-0.25, -0.2) is 0 Å². The number of aromatic hydroxyl groups is 2. The van der Waals surface area contributed by atoms with E-state index in [4.69, 9.17) is 23.2 Å². The van der Waals surface area contributed by atoms with E-state index in [1.165, 1.54) is 0 Å². The van der Waals surface area contributed by atoms with Crippen molar-refractivity contribution >= 4 is 35.0 Å². The Labute approximate surface area is 164 Å². The van der Waals surface area contributed by atoms with Crippen LogP contribution < -0.4 is 0 Å². The molecule has 2 atom stereocenters. The second-order valence-electron chi connectivity index (χ2n) is 6.31. The fourth-order valence-corrected chi connectivity index (χ4v) is 4.44. The summed E-state index contributed by atoms with van der Waals surface area (Å²) in [4.78, 5) is 0. The van der Waals surface area contributed by atoms with E-state index in [1.54, 1.807) is 11.8 Å². The van der Waals surface area contributed by atoms with Gasteiger partial charge in [0.1, 0.15) is 11.5 Å². The van der Waals surface area contributed by atoms with Gasteiger partial charge in [-0.3, -0.25) is 0 Å². The summed E-state index contributed by atoms with van der Waals surface area (Å²) in [5.41, 5.74) is 3.50. The number of aryl methyl sites for hydroxylation is 2. The number of thioether (sulfide) groups is 1. The van der Waals surface area contributed by atoms with Crippen LogP contribution in [0, 0.1) is 13.8 Å². The molecule has 0 spiro atoms. The van der Waals surface area contributed by atoms with Gasteiger partial charge in [-0.15, -0.1) is 23.2 Å². The largest absolute Gasteiger partial charge is 0.507 e. The average Bonchev–Trinajstić information content (AvgIpc) is 2.56. The van der Waals surface area contributed by atoms with E-state index in [0.717, 1.165) is 33.8 Å². The van der Waals surface area contributed by atoms with Gasteiger partial charge in [0, 0.05) is 22.3 Å². The third-order valence-electron chi connectivity index (χ3n) is 4.12. The highest BCUT2D eigenvalue weighted by Crippen LogP contribution is 2.27. The van der Waals surface area contributed by atoms with Crippen LogP contribution in [0.25, 0.3) is 0 Å². The molecule has 25 heavy (non-hydrogen) atoms. The normalized spacial score (nSPS) is 13.6. The van der Waals surface area contributed by atoms with Crippen LogP contribution in [-0.4, -0.2) is 32.5 Å². The highest BCUT2D eigenvalue weighted by molar-refractivity contribution is 7.99. The van der Waals surface area contributed by atoms with E-state index in [1.807, 2.05) is 50.2 Å². The SMILES string of the molecule is Cc1cccc(CC(Cl)CSCC(Cl)Cc2cccc(C)c2O)c1O. The summed E-state index contributed by atoms with van der Waals surface area (Å²) in [7, 11) is 0. The number of phenols is 2. The molecule has 0 bridgehead atoms. The Balaban J connectivity index is 1.77. The summed E-state index contributed by atoms with van der Waals surface area (Å²) in [6.45, 7) is 3.77. The maximum atomic E-state index is 10.1. The van der Waals surface area contributed by atoms with Gasteiger partial charge in [0.05, 0.1) is 0 Å². The molecule has 2 aromatic carbocycles.